The number of carbonyl (C=O) groups excluding carboxylic acids is 2. The van der Waals surface area contributed by atoms with Crippen molar-refractivity contribution >= 4 is 24.1 Å². The third-order valence-electron chi connectivity index (χ3n) is 6.30. The molecular formula is C27H32N2O4. The van der Waals surface area contributed by atoms with Crippen molar-refractivity contribution in [2.75, 3.05) is 0 Å². The Morgan fingerprint density at radius 1 is 0.788 bits per heavy atom. The van der Waals surface area contributed by atoms with Crippen LogP contribution in [0, 0.1) is 0 Å². The summed E-state index contributed by atoms with van der Waals surface area (Å²) in [4.78, 5) is 24.7. The summed E-state index contributed by atoms with van der Waals surface area (Å²) in [6.45, 7) is 0. The van der Waals surface area contributed by atoms with Crippen molar-refractivity contribution in [3.05, 3.63) is 59.9 Å². The molecule has 2 aliphatic rings. The second-order valence-electron chi connectivity index (χ2n) is 8.80. The molecule has 2 aliphatic carbocycles. The molecule has 0 saturated heterocycles. The minimum absolute atomic E-state index is 0.0194. The first kappa shape index (κ1) is 23.0. The highest BCUT2D eigenvalue weighted by molar-refractivity contribution is 5.90. The molecule has 0 N–H and O–H groups in total. The van der Waals surface area contributed by atoms with Crippen molar-refractivity contribution in [1.82, 2.24) is 9.78 Å². The van der Waals surface area contributed by atoms with Crippen LogP contribution in [0.5, 0.6) is 0 Å². The number of aromatic nitrogens is 2. The van der Waals surface area contributed by atoms with E-state index < -0.39 is 0 Å². The molecule has 2 aromatic rings. The summed E-state index contributed by atoms with van der Waals surface area (Å²) in [5.74, 6) is -0.657. The highest BCUT2D eigenvalue weighted by Crippen LogP contribution is 2.24. The molecule has 6 nitrogen and oxygen atoms in total. The summed E-state index contributed by atoms with van der Waals surface area (Å²) in [5.41, 5.74) is 2.40. The fraction of sp³-hybridized carbons (Fsp3) is 0.444. The molecule has 0 radical (unpaired) electrons. The quantitative estimate of drug-likeness (QED) is 0.404. The molecule has 33 heavy (non-hydrogen) atoms. The molecule has 0 bridgehead atoms. The minimum atomic E-state index is -0.328. The van der Waals surface area contributed by atoms with Crippen molar-refractivity contribution in [3.8, 4) is 5.69 Å². The molecular weight excluding hydrogens is 416 g/mol. The normalized spacial score (nSPS) is 18.1. The monoisotopic (exact) mass is 448 g/mol. The molecule has 1 heterocycles. The van der Waals surface area contributed by atoms with Crippen LogP contribution in [0.15, 0.2) is 48.8 Å². The fourth-order valence-corrected chi connectivity index (χ4v) is 4.60. The summed E-state index contributed by atoms with van der Waals surface area (Å²) in [7, 11) is 0. The van der Waals surface area contributed by atoms with E-state index in [2.05, 4.69) is 5.10 Å². The van der Waals surface area contributed by atoms with E-state index in [0.29, 0.717) is 0 Å². The lowest BCUT2D eigenvalue weighted by Gasteiger charge is -2.21. The number of carbonyl (C=O) groups is 2. The highest BCUT2D eigenvalue weighted by Gasteiger charge is 2.18. The molecule has 2 saturated carbocycles. The number of ether oxygens (including phenoxy) is 2. The van der Waals surface area contributed by atoms with Crippen molar-refractivity contribution in [2.45, 2.75) is 76.4 Å². The Bertz CT molecular complexity index is 921. The Labute approximate surface area is 195 Å². The molecule has 0 unspecified atom stereocenters. The van der Waals surface area contributed by atoms with Gasteiger partial charge in [0.1, 0.15) is 12.2 Å². The number of benzene rings is 1. The van der Waals surface area contributed by atoms with Crippen LogP contribution >= 0.6 is 0 Å². The molecule has 6 heteroatoms. The molecule has 0 spiro atoms. The largest absolute Gasteiger partial charge is 0.459 e. The van der Waals surface area contributed by atoms with Gasteiger partial charge in [0.05, 0.1) is 5.69 Å². The number of nitrogens with zero attached hydrogens (tertiary/aromatic N) is 2. The van der Waals surface area contributed by atoms with Crippen LogP contribution in [-0.4, -0.2) is 33.9 Å². The Balaban J connectivity index is 1.49. The van der Waals surface area contributed by atoms with Gasteiger partial charge in [-0.2, -0.15) is 5.10 Å². The molecule has 0 amide bonds. The molecule has 174 valence electrons. The summed E-state index contributed by atoms with van der Waals surface area (Å²) in [5, 5.41) is 4.37. The van der Waals surface area contributed by atoms with Gasteiger partial charge in [-0.05, 0) is 69.6 Å². The summed E-state index contributed by atoms with van der Waals surface area (Å²) in [6, 6.07) is 7.56. The fourth-order valence-electron chi connectivity index (χ4n) is 4.60. The summed E-state index contributed by atoms with van der Waals surface area (Å²) < 4.78 is 12.9. The van der Waals surface area contributed by atoms with Crippen LogP contribution in [0.4, 0.5) is 0 Å². The van der Waals surface area contributed by atoms with E-state index in [1.54, 1.807) is 23.0 Å². The van der Waals surface area contributed by atoms with E-state index in [0.717, 1.165) is 68.2 Å². The maximum atomic E-state index is 12.4. The third kappa shape index (κ3) is 6.67. The van der Waals surface area contributed by atoms with Crippen LogP contribution in [0.3, 0.4) is 0 Å². The van der Waals surface area contributed by atoms with E-state index in [1.165, 1.54) is 25.0 Å². The van der Waals surface area contributed by atoms with Crippen LogP contribution in [0.1, 0.15) is 75.3 Å². The first-order valence-electron chi connectivity index (χ1n) is 12.1. The van der Waals surface area contributed by atoms with Gasteiger partial charge in [-0.3, -0.25) is 0 Å². The summed E-state index contributed by atoms with van der Waals surface area (Å²) >= 11 is 0. The first-order valence-corrected chi connectivity index (χ1v) is 12.1. The third-order valence-corrected chi connectivity index (χ3v) is 6.30. The SMILES string of the molecule is O=C(/C=C/c1cccc(/C=C/C(=O)OC2CCCCC2)c1-n1cccn1)OC1CCCCC1. The van der Waals surface area contributed by atoms with Crippen LogP contribution < -0.4 is 0 Å². The highest BCUT2D eigenvalue weighted by atomic mass is 16.5. The van der Waals surface area contributed by atoms with Gasteiger partial charge in [-0.1, -0.05) is 31.0 Å². The first-order chi connectivity index (χ1) is 16.2. The number of rotatable bonds is 7. The smallest absolute Gasteiger partial charge is 0.331 e. The molecule has 0 atom stereocenters. The van der Waals surface area contributed by atoms with Gasteiger partial charge in [-0.15, -0.1) is 0 Å². The summed E-state index contributed by atoms with van der Waals surface area (Å²) in [6.07, 6.45) is 20.7. The zero-order valence-electron chi connectivity index (χ0n) is 19.0. The zero-order valence-corrected chi connectivity index (χ0v) is 19.0. The number of hydrogen-bond acceptors (Lipinski definition) is 5. The van der Waals surface area contributed by atoms with Crippen molar-refractivity contribution in [1.29, 1.82) is 0 Å². The lowest BCUT2D eigenvalue weighted by atomic mass is 9.98. The molecule has 1 aromatic carbocycles. The molecule has 1 aromatic heterocycles. The van der Waals surface area contributed by atoms with Gasteiger partial charge in [0, 0.05) is 35.7 Å². The Morgan fingerprint density at radius 2 is 1.30 bits per heavy atom. The van der Waals surface area contributed by atoms with Crippen molar-refractivity contribution < 1.29 is 19.1 Å². The number of para-hydroxylation sites is 1. The number of hydrogen-bond donors (Lipinski definition) is 0. The Kier molecular flexibility index (Phi) is 8.12. The average molecular weight is 449 g/mol. The van der Waals surface area contributed by atoms with Gasteiger partial charge in [0.25, 0.3) is 0 Å². The lowest BCUT2D eigenvalue weighted by molar-refractivity contribution is -0.145. The predicted molar refractivity (Wildman–Crippen MR) is 128 cm³/mol. The zero-order chi connectivity index (χ0) is 22.9. The van der Waals surface area contributed by atoms with E-state index in [-0.39, 0.29) is 24.1 Å². The standard InChI is InChI=1S/C27H32N2O4/c30-25(32-23-11-3-1-4-12-23)17-15-21-9-7-10-22(27(21)29-20-8-19-28-29)16-18-26(31)33-24-13-5-2-6-14-24/h7-10,15-20,23-24H,1-6,11-14H2/b17-15+,18-16+. The van der Waals surface area contributed by atoms with Crippen LogP contribution in [0.2, 0.25) is 0 Å². The van der Waals surface area contributed by atoms with Gasteiger partial charge < -0.3 is 9.47 Å². The van der Waals surface area contributed by atoms with Crippen LogP contribution in [-0.2, 0) is 19.1 Å². The van der Waals surface area contributed by atoms with Gasteiger partial charge in [0.2, 0.25) is 0 Å². The Hall–Kier alpha value is -3.15. The molecule has 2 fully saturated rings. The van der Waals surface area contributed by atoms with E-state index >= 15 is 0 Å². The predicted octanol–water partition coefficient (Wildman–Crippen LogP) is 5.65. The maximum absolute atomic E-state index is 12.4. The lowest BCUT2D eigenvalue weighted by Crippen LogP contribution is -2.19. The Morgan fingerprint density at radius 3 is 1.76 bits per heavy atom. The maximum Gasteiger partial charge on any atom is 0.331 e. The second-order valence-corrected chi connectivity index (χ2v) is 8.80. The average Bonchev–Trinajstić information content (AvgIpc) is 3.37. The van der Waals surface area contributed by atoms with Gasteiger partial charge in [-0.25, -0.2) is 14.3 Å². The minimum Gasteiger partial charge on any atom is -0.459 e. The van der Waals surface area contributed by atoms with Crippen molar-refractivity contribution in [2.24, 2.45) is 0 Å². The van der Waals surface area contributed by atoms with Gasteiger partial charge in [0.15, 0.2) is 0 Å². The van der Waals surface area contributed by atoms with E-state index in [1.807, 2.05) is 30.5 Å². The van der Waals surface area contributed by atoms with Crippen LogP contribution in [0.25, 0.3) is 17.8 Å². The molecule has 4 rings (SSSR count). The number of esters is 2. The second kappa shape index (κ2) is 11.6. The van der Waals surface area contributed by atoms with E-state index in [4.69, 9.17) is 9.47 Å². The van der Waals surface area contributed by atoms with Crippen molar-refractivity contribution in [3.63, 3.8) is 0 Å². The topological polar surface area (TPSA) is 70.4 Å². The van der Waals surface area contributed by atoms with Gasteiger partial charge >= 0.3 is 11.9 Å². The van der Waals surface area contributed by atoms with E-state index in [9.17, 15) is 9.59 Å². The molecule has 0 aliphatic heterocycles.